The highest BCUT2D eigenvalue weighted by atomic mass is 16.7. The van der Waals surface area contributed by atoms with Gasteiger partial charge in [0.2, 0.25) is 0 Å². The summed E-state index contributed by atoms with van der Waals surface area (Å²) in [4.78, 5) is 0. The quantitative estimate of drug-likeness (QED) is 0.739. The van der Waals surface area contributed by atoms with Gasteiger partial charge in [-0.2, -0.15) is 0 Å². The highest BCUT2D eigenvalue weighted by Gasteiger charge is 2.30. The Hall–Kier alpha value is -0.0800. The van der Waals surface area contributed by atoms with E-state index in [2.05, 4.69) is 6.92 Å². The van der Waals surface area contributed by atoms with Crippen LogP contribution >= 0.6 is 0 Å². The fraction of sp³-hybridized carbons (Fsp3) is 1.00. The predicted octanol–water partition coefficient (Wildman–Crippen LogP) is 3.99. The molecule has 0 N–H and O–H groups in total. The molecule has 1 aliphatic carbocycles. The predicted molar refractivity (Wildman–Crippen MR) is 69.8 cm³/mol. The molecule has 1 saturated heterocycles. The van der Waals surface area contributed by atoms with Crippen LogP contribution in [0.15, 0.2) is 0 Å². The standard InChI is InChI=1S/C15H28O2/c1-3-4-5-13-6-8-14(9-7-13)15-10-16-12(2)17-11-15/h12-15H,3-11H2,1-2H3. The van der Waals surface area contributed by atoms with E-state index in [0.717, 1.165) is 25.0 Å². The molecule has 0 spiro atoms. The maximum absolute atomic E-state index is 5.61. The molecule has 2 rings (SSSR count). The largest absolute Gasteiger partial charge is 0.353 e. The molecular formula is C15H28O2. The Morgan fingerprint density at radius 2 is 1.59 bits per heavy atom. The SMILES string of the molecule is CCCCC1CCC(C2COC(C)OC2)CC1. The molecule has 2 fully saturated rings. The summed E-state index contributed by atoms with van der Waals surface area (Å²) in [6.07, 6.45) is 9.93. The zero-order chi connectivity index (χ0) is 12.1. The van der Waals surface area contributed by atoms with Crippen molar-refractivity contribution in [1.29, 1.82) is 0 Å². The Bertz CT molecular complexity index is 201. The van der Waals surface area contributed by atoms with E-state index in [9.17, 15) is 0 Å². The van der Waals surface area contributed by atoms with E-state index in [1.54, 1.807) is 0 Å². The molecule has 0 unspecified atom stereocenters. The fourth-order valence-electron chi connectivity index (χ4n) is 3.33. The molecular weight excluding hydrogens is 212 g/mol. The van der Waals surface area contributed by atoms with Crippen LogP contribution in [0.2, 0.25) is 0 Å². The molecule has 2 heteroatoms. The molecule has 0 amide bonds. The number of hydrogen-bond acceptors (Lipinski definition) is 2. The normalized spacial score (nSPS) is 39.2. The zero-order valence-corrected chi connectivity index (χ0v) is 11.5. The van der Waals surface area contributed by atoms with Gasteiger partial charge in [-0.1, -0.05) is 39.0 Å². The molecule has 1 heterocycles. The monoisotopic (exact) mass is 240 g/mol. The molecule has 0 aromatic carbocycles. The molecule has 0 bridgehead atoms. The first-order valence-corrected chi connectivity index (χ1v) is 7.52. The summed E-state index contributed by atoms with van der Waals surface area (Å²) in [5.41, 5.74) is 0. The van der Waals surface area contributed by atoms with Gasteiger partial charge in [0, 0.05) is 5.92 Å². The smallest absolute Gasteiger partial charge is 0.154 e. The minimum Gasteiger partial charge on any atom is -0.353 e. The lowest BCUT2D eigenvalue weighted by molar-refractivity contribution is -0.200. The van der Waals surface area contributed by atoms with Crippen LogP contribution in [0, 0.1) is 17.8 Å². The third-order valence-corrected chi connectivity index (χ3v) is 4.61. The second kappa shape index (κ2) is 6.75. The lowest BCUT2D eigenvalue weighted by Crippen LogP contribution is -2.36. The van der Waals surface area contributed by atoms with Crippen molar-refractivity contribution >= 4 is 0 Å². The molecule has 100 valence electrons. The lowest BCUT2D eigenvalue weighted by atomic mass is 9.75. The van der Waals surface area contributed by atoms with E-state index in [0.29, 0.717) is 5.92 Å². The van der Waals surface area contributed by atoms with E-state index in [1.807, 2.05) is 6.92 Å². The van der Waals surface area contributed by atoms with Crippen molar-refractivity contribution in [3.8, 4) is 0 Å². The third kappa shape index (κ3) is 3.96. The van der Waals surface area contributed by atoms with E-state index in [-0.39, 0.29) is 6.29 Å². The zero-order valence-electron chi connectivity index (χ0n) is 11.5. The van der Waals surface area contributed by atoms with Crippen LogP contribution in [0.1, 0.15) is 58.8 Å². The van der Waals surface area contributed by atoms with Gasteiger partial charge in [-0.3, -0.25) is 0 Å². The molecule has 0 aromatic rings. The van der Waals surface area contributed by atoms with Crippen molar-refractivity contribution < 1.29 is 9.47 Å². The summed E-state index contributed by atoms with van der Waals surface area (Å²) in [5.74, 6) is 2.54. The van der Waals surface area contributed by atoms with Crippen LogP contribution in [0.25, 0.3) is 0 Å². The highest BCUT2D eigenvalue weighted by Crippen LogP contribution is 2.37. The van der Waals surface area contributed by atoms with Gasteiger partial charge < -0.3 is 9.47 Å². The molecule has 2 nitrogen and oxygen atoms in total. The van der Waals surface area contributed by atoms with Crippen molar-refractivity contribution in [3.05, 3.63) is 0 Å². The van der Waals surface area contributed by atoms with Crippen LogP contribution < -0.4 is 0 Å². The fourth-order valence-corrected chi connectivity index (χ4v) is 3.33. The van der Waals surface area contributed by atoms with E-state index >= 15 is 0 Å². The first-order chi connectivity index (χ1) is 8.29. The third-order valence-electron chi connectivity index (χ3n) is 4.61. The van der Waals surface area contributed by atoms with Crippen LogP contribution in [0.3, 0.4) is 0 Å². The summed E-state index contributed by atoms with van der Waals surface area (Å²) < 4.78 is 11.2. The molecule has 0 radical (unpaired) electrons. The maximum Gasteiger partial charge on any atom is 0.154 e. The van der Waals surface area contributed by atoms with Crippen molar-refractivity contribution in [1.82, 2.24) is 0 Å². The molecule has 2 aliphatic rings. The number of ether oxygens (including phenoxy) is 2. The van der Waals surface area contributed by atoms with E-state index < -0.39 is 0 Å². The molecule has 17 heavy (non-hydrogen) atoms. The summed E-state index contributed by atoms with van der Waals surface area (Å²) in [6, 6.07) is 0. The molecule has 0 atom stereocenters. The van der Waals surface area contributed by atoms with Crippen molar-refractivity contribution in [2.24, 2.45) is 17.8 Å². The van der Waals surface area contributed by atoms with E-state index in [4.69, 9.17) is 9.47 Å². The van der Waals surface area contributed by atoms with Gasteiger partial charge in [-0.05, 0) is 31.6 Å². The van der Waals surface area contributed by atoms with Crippen LogP contribution in [-0.4, -0.2) is 19.5 Å². The Morgan fingerprint density at radius 3 is 2.18 bits per heavy atom. The van der Waals surface area contributed by atoms with Gasteiger partial charge in [0.25, 0.3) is 0 Å². The van der Waals surface area contributed by atoms with Gasteiger partial charge in [-0.15, -0.1) is 0 Å². The Balaban J connectivity index is 1.68. The highest BCUT2D eigenvalue weighted by molar-refractivity contribution is 4.79. The Labute approximate surface area is 106 Å². The van der Waals surface area contributed by atoms with Crippen molar-refractivity contribution in [3.63, 3.8) is 0 Å². The van der Waals surface area contributed by atoms with Crippen LogP contribution in [-0.2, 0) is 9.47 Å². The second-order valence-corrected chi connectivity index (χ2v) is 5.92. The van der Waals surface area contributed by atoms with Gasteiger partial charge in [0.05, 0.1) is 13.2 Å². The number of rotatable bonds is 4. The molecule has 1 aliphatic heterocycles. The topological polar surface area (TPSA) is 18.5 Å². The Morgan fingerprint density at radius 1 is 0.941 bits per heavy atom. The number of unbranched alkanes of at least 4 members (excludes halogenated alkanes) is 1. The van der Waals surface area contributed by atoms with Gasteiger partial charge in [0.1, 0.15) is 0 Å². The first-order valence-electron chi connectivity index (χ1n) is 7.52. The summed E-state index contributed by atoms with van der Waals surface area (Å²) in [7, 11) is 0. The van der Waals surface area contributed by atoms with Crippen LogP contribution in [0.4, 0.5) is 0 Å². The molecule has 1 saturated carbocycles. The van der Waals surface area contributed by atoms with Crippen molar-refractivity contribution in [2.75, 3.05) is 13.2 Å². The van der Waals surface area contributed by atoms with E-state index in [1.165, 1.54) is 44.9 Å². The Kier molecular flexibility index (Phi) is 5.30. The summed E-state index contributed by atoms with van der Waals surface area (Å²) >= 11 is 0. The average Bonchev–Trinajstić information content (AvgIpc) is 2.38. The van der Waals surface area contributed by atoms with Gasteiger partial charge in [0.15, 0.2) is 6.29 Å². The number of hydrogen-bond donors (Lipinski definition) is 0. The first kappa shape index (κ1) is 13.4. The second-order valence-electron chi connectivity index (χ2n) is 5.92. The van der Waals surface area contributed by atoms with Gasteiger partial charge in [-0.25, -0.2) is 0 Å². The minimum atomic E-state index is 0.0205. The van der Waals surface area contributed by atoms with Gasteiger partial charge >= 0.3 is 0 Å². The molecule has 0 aromatic heterocycles. The summed E-state index contributed by atoms with van der Waals surface area (Å²) in [6.45, 7) is 6.14. The minimum absolute atomic E-state index is 0.0205. The average molecular weight is 240 g/mol. The summed E-state index contributed by atoms with van der Waals surface area (Å²) in [5, 5.41) is 0. The maximum atomic E-state index is 5.61. The van der Waals surface area contributed by atoms with Crippen molar-refractivity contribution in [2.45, 2.75) is 65.1 Å². The lowest BCUT2D eigenvalue weighted by Gasteiger charge is -2.37. The van der Waals surface area contributed by atoms with Crippen LogP contribution in [0.5, 0.6) is 0 Å².